The molecule has 1 heterocycles. The van der Waals surface area contributed by atoms with Crippen LogP contribution in [0.3, 0.4) is 0 Å². The summed E-state index contributed by atoms with van der Waals surface area (Å²) in [5, 5.41) is 0. The third-order valence-electron chi connectivity index (χ3n) is 2.91. The van der Waals surface area contributed by atoms with Crippen molar-refractivity contribution < 1.29 is 14.3 Å². The number of cyclic esters (lactones) is 1. The molecule has 1 aliphatic rings. The third kappa shape index (κ3) is 2.53. The Kier molecular flexibility index (Phi) is 3.65. The molecule has 0 N–H and O–H groups in total. The number of carbonyl (C=O) groups excluding carboxylic acids is 2. The fourth-order valence-corrected chi connectivity index (χ4v) is 2.07. The average Bonchev–Trinajstić information content (AvgIpc) is 2.71. The van der Waals surface area contributed by atoms with Crippen molar-refractivity contribution in [2.75, 3.05) is 6.61 Å². The number of nitrogens with zero attached hydrogens (tertiary/aromatic N) is 1. The van der Waals surface area contributed by atoms with Gasteiger partial charge in [0.1, 0.15) is 12.6 Å². The van der Waals surface area contributed by atoms with Crippen LogP contribution < -0.4 is 0 Å². The Morgan fingerprint density at radius 1 is 1.39 bits per heavy atom. The maximum atomic E-state index is 12.1. The van der Waals surface area contributed by atoms with Gasteiger partial charge in [0.05, 0.1) is 0 Å². The highest BCUT2D eigenvalue weighted by Gasteiger charge is 2.38. The first-order valence-corrected chi connectivity index (χ1v) is 6.13. The number of imide groups is 1. The van der Waals surface area contributed by atoms with Crippen molar-refractivity contribution in [3.8, 4) is 0 Å². The van der Waals surface area contributed by atoms with E-state index in [0.29, 0.717) is 6.42 Å². The Balaban J connectivity index is 2.20. The van der Waals surface area contributed by atoms with Crippen molar-refractivity contribution >= 4 is 12.0 Å². The van der Waals surface area contributed by atoms with Gasteiger partial charge in [-0.3, -0.25) is 4.79 Å². The molecule has 0 spiro atoms. The number of rotatable bonds is 3. The first-order valence-electron chi connectivity index (χ1n) is 6.13. The third-order valence-corrected chi connectivity index (χ3v) is 2.91. The van der Waals surface area contributed by atoms with E-state index in [1.165, 1.54) is 4.90 Å². The Bertz CT molecular complexity index is 442. The molecule has 0 radical (unpaired) electrons. The lowest BCUT2D eigenvalue weighted by molar-refractivity contribution is -0.130. The number of benzene rings is 1. The van der Waals surface area contributed by atoms with Crippen LogP contribution >= 0.6 is 0 Å². The zero-order chi connectivity index (χ0) is 13.1. The summed E-state index contributed by atoms with van der Waals surface area (Å²) >= 11 is 0. The van der Waals surface area contributed by atoms with Gasteiger partial charge in [-0.1, -0.05) is 44.2 Å². The van der Waals surface area contributed by atoms with Crippen molar-refractivity contribution in [1.82, 2.24) is 4.90 Å². The van der Waals surface area contributed by atoms with Gasteiger partial charge in [-0.25, -0.2) is 9.69 Å². The van der Waals surface area contributed by atoms with Gasteiger partial charge in [0.25, 0.3) is 0 Å². The quantitative estimate of drug-likeness (QED) is 0.825. The molecule has 0 unspecified atom stereocenters. The molecule has 1 saturated heterocycles. The van der Waals surface area contributed by atoms with E-state index in [1.807, 2.05) is 44.2 Å². The lowest BCUT2D eigenvalue weighted by Crippen LogP contribution is -2.34. The molecule has 0 saturated carbocycles. The highest BCUT2D eigenvalue weighted by Crippen LogP contribution is 2.28. The molecule has 2 amide bonds. The largest absolute Gasteiger partial charge is 0.446 e. The molecule has 18 heavy (non-hydrogen) atoms. The van der Waals surface area contributed by atoms with Crippen molar-refractivity contribution in [3.63, 3.8) is 0 Å². The second-order valence-corrected chi connectivity index (χ2v) is 4.87. The summed E-state index contributed by atoms with van der Waals surface area (Å²) < 4.78 is 5.00. The van der Waals surface area contributed by atoms with Crippen LogP contribution in [-0.4, -0.2) is 23.5 Å². The molecule has 1 atom stereocenters. The molecule has 96 valence electrons. The molecule has 1 fully saturated rings. The molecular weight excluding hydrogens is 230 g/mol. The summed E-state index contributed by atoms with van der Waals surface area (Å²) in [6.45, 7) is 4.15. The zero-order valence-electron chi connectivity index (χ0n) is 10.6. The fraction of sp³-hybridized carbons (Fsp3) is 0.429. The van der Waals surface area contributed by atoms with Gasteiger partial charge in [-0.2, -0.15) is 0 Å². The maximum Gasteiger partial charge on any atom is 0.417 e. The van der Waals surface area contributed by atoms with E-state index in [1.54, 1.807) is 0 Å². The second-order valence-electron chi connectivity index (χ2n) is 4.87. The molecule has 0 bridgehead atoms. The summed E-state index contributed by atoms with van der Waals surface area (Å²) in [6.07, 6.45) is -0.173. The van der Waals surface area contributed by atoms with Crippen LogP contribution in [0.1, 0.15) is 31.9 Å². The van der Waals surface area contributed by atoms with Gasteiger partial charge >= 0.3 is 6.09 Å². The summed E-state index contributed by atoms with van der Waals surface area (Å²) in [5.41, 5.74) is 0.931. The van der Waals surface area contributed by atoms with E-state index < -0.39 is 6.09 Å². The molecular formula is C14H17NO3. The normalized spacial score (nSPS) is 19.2. The summed E-state index contributed by atoms with van der Waals surface area (Å²) in [5.74, 6) is 0.0590. The molecule has 4 heteroatoms. The van der Waals surface area contributed by atoms with Crippen LogP contribution in [0.5, 0.6) is 0 Å². The lowest BCUT2D eigenvalue weighted by atomic mass is 10.1. The van der Waals surface area contributed by atoms with E-state index in [9.17, 15) is 9.59 Å². The fourth-order valence-electron chi connectivity index (χ4n) is 2.07. The van der Waals surface area contributed by atoms with E-state index in [0.717, 1.165) is 5.56 Å². The van der Waals surface area contributed by atoms with Crippen LogP contribution in [-0.2, 0) is 9.53 Å². The van der Waals surface area contributed by atoms with Gasteiger partial charge in [0, 0.05) is 6.42 Å². The first-order chi connectivity index (χ1) is 8.59. The Labute approximate surface area is 107 Å². The minimum atomic E-state index is -0.533. The summed E-state index contributed by atoms with van der Waals surface area (Å²) in [7, 11) is 0. The maximum absolute atomic E-state index is 12.1. The summed E-state index contributed by atoms with van der Waals surface area (Å²) in [4.78, 5) is 25.0. The topological polar surface area (TPSA) is 46.6 Å². The number of ether oxygens (including phenoxy) is 1. The number of amides is 2. The lowest BCUT2D eigenvalue weighted by Gasteiger charge is -2.20. The minimum absolute atomic E-state index is 0.165. The van der Waals surface area contributed by atoms with Gasteiger partial charge in [-0.05, 0) is 11.5 Å². The van der Waals surface area contributed by atoms with Crippen LogP contribution in [0.4, 0.5) is 4.79 Å². The van der Waals surface area contributed by atoms with E-state index >= 15 is 0 Å². The molecule has 1 aliphatic heterocycles. The van der Waals surface area contributed by atoms with E-state index in [-0.39, 0.29) is 24.5 Å². The predicted octanol–water partition coefficient (Wildman–Crippen LogP) is 2.75. The van der Waals surface area contributed by atoms with Gasteiger partial charge < -0.3 is 4.74 Å². The van der Waals surface area contributed by atoms with Crippen LogP contribution in [0, 0.1) is 5.92 Å². The van der Waals surface area contributed by atoms with Crippen molar-refractivity contribution in [2.24, 2.45) is 5.92 Å². The van der Waals surface area contributed by atoms with Crippen LogP contribution in [0.25, 0.3) is 0 Å². The predicted molar refractivity (Wildman–Crippen MR) is 66.8 cm³/mol. The van der Waals surface area contributed by atoms with Crippen molar-refractivity contribution in [1.29, 1.82) is 0 Å². The van der Waals surface area contributed by atoms with Crippen molar-refractivity contribution in [2.45, 2.75) is 26.3 Å². The Morgan fingerprint density at radius 3 is 2.67 bits per heavy atom. The highest BCUT2D eigenvalue weighted by atomic mass is 16.6. The summed E-state index contributed by atoms with van der Waals surface area (Å²) in [6, 6.07) is 9.21. The second kappa shape index (κ2) is 5.21. The molecule has 4 nitrogen and oxygen atoms in total. The van der Waals surface area contributed by atoms with Crippen LogP contribution in [0.2, 0.25) is 0 Å². The molecule has 2 rings (SSSR count). The highest BCUT2D eigenvalue weighted by molar-refractivity contribution is 5.93. The molecule has 0 aliphatic carbocycles. The number of carbonyl (C=O) groups is 2. The van der Waals surface area contributed by atoms with Gasteiger partial charge in [0.15, 0.2) is 0 Å². The zero-order valence-corrected chi connectivity index (χ0v) is 10.6. The molecule has 1 aromatic rings. The average molecular weight is 247 g/mol. The molecule has 1 aromatic carbocycles. The Morgan fingerprint density at radius 2 is 2.06 bits per heavy atom. The van der Waals surface area contributed by atoms with E-state index in [2.05, 4.69) is 0 Å². The minimum Gasteiger partial charge on any atom is -0.446 e. The van der Waals surface area contributed by atoms with E-state index in [4.69, 9.17) is 4.74 Å². The first kappa shape index (κ1) is 12.6. The van der Waals surface area contributed by atoms with Gasteiger partial charge in [-0.15, -0.1) is 0 Å². The smallest absolute Gasteiger partial charge is 0.417 e. The van der Waals surface area contributed by atoms with Crippen molar-refractivity contribution in [3.05, 3.63) is 35.9 Å². The SMILES string of the molecule is CC(C)CC(=O)N1C(=O)OC[C@@H]1c1ccccc1. The van der Waals surface area contributed by atoms with Crippen LogP contribution in [0.15, 0.2) is 30.3 Å². The monoisotopic (exact) mass is 247 g/mol. The number of hydrogen-bond donors (Lipinski definition) is 0. The Hall–Kier alpha value is -1.84. The number of hydrogen-bond acceptors (Lipinski definition) is 3. The standard InChI is InChI=1S/C14H17NO3/c1-10(2)8-13(16)15-12(9-18-14(15)17)11-6-4-3-5-7-11/h3-7,10,12H,8-9H2,1-2H3/t12-/m1/s1. The van der Waals surface area contributed by atoms with Gasteiger partial charge in [0.2, 0.25) is 5.91 Å². The molecule has 0 aromatic heterocycles.